The van der Waals surface area contributed by atoms with Crippen molar-refractivity contribution in [3.8, 4) is 28.1 Å². The van der Waals surface area contributed by atoms with Crippen molar-refractivity contribution in [1.29, 1.82) is 0 Å². The summed E-state index contributed by atoms with van der Waals surface area (Å²) in [5.41, 5.74) is 3.27. The molecule has 0 saturated carbocycles. The number of imidazole rings is 1. The number of ketones is 1. The van der Waals surface area contributed by atoms with E-state index in [1.807, 2.05) is 30.3 Å². The number of hydrogen-bond acceptors (Lipinski definition) is 8. The van der Waals surface area contributed by atoms with Gasteiger partial charge in [-0.05, 0) is 40.7 Å². The van der Waals surface area contributed by atoms with E-state index in [2.05, 4.69) is 10.1 Å². The predicted molar refractivity (Wildman–Crippen MR) is 144 cm³/mol. The molecule has 6 rings (SSSR count). The number of aromatic nitrogens is 3. The molecule has 8 nitrogen and oxygen atoms in total. The summed E-state index contributed by atoms with van der Waals surface area (Å²) in [4.78, 5) is 17.9. The highest BCUT2D eigenvalue weighted by atomic mass is 32.1. The van der Waals surface area contributed by atoms with E-state index in [1.165, 1.54) is 29.5 Å². The van der Waals surface area contributed by atoms with Gasteiger partial charge >= 0.3 is 0 Å². The Kier molecular flexibility index (Phi) is 6.45. The number of fused-ring (bicyclic) bond motifs is 2. The summed E-state index contributed by atoms with van der Waals surface area (Å²) < 4.78 is 38.1. The van der Waals surface area contributed by atoms with Crippen molar-refractivity contribution >= 4 is 33.1 Å². The molecular formula is C29H22FN3O5S. The number of ether oxygens (including phenoxy) is 3. The lowest BCUT2D eigenvalue weighted by atomic mass is 10.0. The molecule has 3 aromatic carbocycles. The van der Waals surface area contributed by atoms with Crippen LogP contribution >= 0.6 is 11.3 Å². The maximum Gasteiger partial charge on any atom is 0.294 e. The molecule has 10 heteroatoms. The highest BCUT2D eigenvalue weighted by Gasteiger charge is 2.17. The molecule has 0 N–H and O–H groups in total. The lowest BCUT2D eigenvalue weighted by molar-refractivity contribution is 0.0992. The second-order valence-electron chi connectivity index (χ2n) is 8.79. The van der Waals surface area contributed by atoms with Gasteiger partial charge in [0.1, 0.15) is 35.2 Å². The van der Waals surface area contributed by atoms with Gasteiger partial charge in [0.2, 0.25) is 4.96 Å². The van der Waals surface area contributed by atoms with Crippen LogP contribution in [0.4, 0.5) is 4.39 Å². The molecule has 6 aromatic rings. The molecule has 0 fully saturated rings. The van der Waals surface area contributed by atoms with E-state index in [1.54, 1.807) is 43.1 Å². The molecule has 3 heterocycles. The molecule has 0 radical (unpaired) electrons. The third kappa shape index (κ3) is 5.06. The first-order chi connectivity index (χ1) is 19.0. The van der Waals surface area contributed by atoms with E-state index in [0.29, 0.717) is 44.3 Å². The minimum Gasteiger partial charge on any atom is -0.496 e. The van der Waals surface area contributed by atoms with Gasteiger partial charge in [-0.15, -0.1) is 5.10 Å². The molecule has 0 unspecified atom stereocenters. The topological polar surface area (TPSA) is 88.1 Å². The molecule has 0 saturated heterocycles. The Morgan fingerprint density at radius 1 is 1.03 bits per heavy atom. The van der Waals surface area contributed by atoms with Crippen LogP contribution < -0.4 is 14.2 Å². The molecule has 0 bridgehead atoms. The number of benzene rings is 3. The fourth-order valence-electron chi connectivity index (χ4n) is 4.27. The number of Topliss-reactive ketones (excluding diaryl/α,β-unsaturated/α-hetero) is 1. The summed E-state index contributed by atoms with van der Waals surface area (Å²) in [6, 6.07) is 18.8. The first kappa shape index (κ1) is 24.6. The van der Waals surface area contributed by atoms with Crippen molar-refractivity contribution in [3.63, 3.8) is 0 Å². The number of rotatable bonds is 9. The van der Waals surface area contributed by atoms with Crippen LogP contribution in [0.3, 0.4) is 0 Å². The molecule has 0 amide bonds. The van der Waals surface area contributed by atoms with Crippen LogP contribution in [-0.4, -0.2) is 34.6 Å². The maximum absolute atomic E-state index is 13.5. The number of methoxy groups -OCH3 is 2. The van der Waals surface area contributed by atoms with Gasteiger partial charge in [0.25, 0.3) is 5.19 Å². The third-order valence-electron chi connectivity index (χ3n) is 6.16. The average molecular weight is 544 g/mol. The molecule has 196 valence electrons. The quantitative estimate of drug-likeness (QED) is 0.196. The third-order valence-corrected chi connectivity index (χ3v) is 7.04. The first-order valence-corrected chi connectivity index (χ1v) is 12.8. The Hall–Kier alpha value is -4.70. The Labute approximate surface area is 226 Å². The zero-order valence-corrected chi connectivity index (χ0v) is 21.8. The van der Waals surface area contributed by atoms with E-state index in [9.17, 15) is 9.18 Å². The monoisotopic (exact) mass is 543 g/mol. The van der Waals surface area contributed by atoms with Gasteiger partial charge in [0.15, 0.2) is 11.5 Å². The summed E-state index contributed by atoms with van der Waals surface area (Å²) >= 11 is 1.33. The van der Waals surface area contributed by atoms with Crippen LogP contribution in [0.2, 0.25) is 0 Å². The average Bonchev–Trinajstić information content (AvgIpc) is 3.65. The van der Waals surface area contributed by atoms with E-state index in [-0.39, 0.29) is 18.8 Å². The zero-order valence-electron chi connectivity index (χ0n) is 21.0. The Balaban J connectivity index is 1.23. The SMILES string of the molecule is COc1cc(OCc2cccc(CC(=O)c3cccc(F)c3)c2)c2cc(-c3cn4nc(OC)sc4n3)oc2c1. The first-order valence-electron chi connectivity index (χ1n) is 12.0. The van der Waals surface area contributed by atoms with Gasteiger partial charge in [-0.1, -0.05) is 36.4 Å². The molecule has 3 aromatic heterocycles. The second kappa shape index (κ2) is 10.2. The number of halogens is 1. The Morgan fingerprint density at radius 3 is 2.67 bits per heavy atom. The van der Waals surface area contributed by atoms with Crippen LogP contribution in [0.15, 0.2) is 77.3 Å². The van der Waals surface area contributed by atoms with Crippen molar-refractivity contribution in [2.45, 2.75) is 13.0 Å². The standard InChI is InChI=1S/C29H22FN3O5S/c1-35-21-12-25(22-14-27(38-26(22)13-21)23-15-33-28(31-23)39-29(32-33)36-2)37-16-18-6-3-5-17(9-18)10-24(34)19-7-4-8-20(30)11-19/h3-9,11-15H,10,16H2,1-2H3. The molecule has 0 spiro atoms. The lowest BCUT2D eigenvalue weighted by Gasteiger charge is -2.10. The Morgan fingerprint density at radius 2 is 1.87 bits per heavy atom. The van der Waals surface area contributed by atoms with Gasteiger partial charge in [0, 0.05) is 24.1 Å². The minimum absolute atomic E-state index is 0.152. The summed E-state index contributed by atoms with van der Waals surface area (Å²) in [5.74, 6) is 1.16. The fraction of sp³-hybridized carbons (Fsp3) is 0.138. The summed E-state index contributed by atoms with van der Waals surface area (Å²) in [6.07, 6.45) is 1.94. The van der Waals surface area contributed by atoms with Gasteiger partial charge in [-0.25, -0.2) is 13.9 Å². The van der Waals surface area contributed by atoms with E-state index in [0.717, 1.165) is 16.5 Å². The van der Waals surface area contributed by atoms with Crippen LogP contribution in [0.1, 0.15) is 21.5 Å². The zero-order chi connectivity index (χ0) is 26.9. The molecular weight excluding hydrogens is 521 g/mol. The van der Waals surface area contributed by atoms with E-state index >= 15 is 0 Å². The molecule has 0 aliphatic heterocycles. The van der Waals surface area contributed by atoms with Crippen molar-refractivity contribution in [3.05, 3.63) is 95.4 Å². The molecule has 0 aliphatic carbocycles. The normalized spacial score (nSPS) is 11.3. The molecule has 0 atom stereocenters. The second-order valence-corrected chi connectivity index (χ2v) is 9.71. The largest absolute Gasteiger partial charge is 0.496 e. The highest BCUT2D eigenvalue weighted by Crippen LogP contribution is 2.37. The van der Waals surface area contributed by atoms with E-state index < -0.39 is 5.82 Å². The smallest absolute Gasteiger partial charge is 0.294 e. The summed E-state index contributed by atoms with van der Waals surface area (Å²) in [5, 5.41) is 5.60. The van der Waals surface area contributed by atoms with Gasteiger partial charge in [0.05, 0.1) is 25.8 Å². The summed E-state index contributed by atoms with van der Waals surface area (Å²) in [7, 11) is 3.15. The van der Waals surface area contributed by atoms with Crippen LogP contribution in [0.25, 0.3) is 27.4 Å². The van der Waals surface area contributed by atoms with Gasteiger partial charge in [-0.2, -0.15) is 0 Å². The van der Waals surface area contributed by atoms with Crippen molar-refractivity contribution in [1.82, 2.24) is 14.6 Å². The molecule has 39 heavy (non-hydrogen) atoms. The van der Waals surface area contributed by atoms with Crippen LogP contribution in [-0.2, 0) is 13.0 Å². The molecule has 0 aliphatic rings. The predicted octanol–water partition coefficient (Wildman–Crippen LogP) is 6.36. The van der Waals surface area contributed by atoms with E-state index in [4.69, 9.17) is 18.6 Å². The Bertz CT molecular complexity index is 1790. The minimum atomic E-state index is -0.431. The van der Waals surface area contributed by atoms with Crippen molar-refractivity contribution in [2.24, 2.45) is 0 Å². The van der Waals surface area contributed by atoms with Gasteiger partial charge in [-0.3, -0.25) is 4.79 Å². The summed E-state index contributed by atoms with van der Waals surface area (Å²) in [6.45, 7) is 0.259. The maximum atomic E-state index is 13.5. The van der Waals surface area contributed by atoms with Crippen LogP contribution in [0.5, 0.6) is 16.7 Å². The number of hydrogen-bond donors (Lipinski definition) is 0. The lowest BCUT2D eigenvalue weighted by Crippen LogP contribution is -2.05. The van der Waals surface area contributed by atoms with Crippen molar-refractivity contribution in [2.75, 3.05) is 14.2 Å². The van der Waals surface area contributed by atoms with Crippen LogP contribution in [0, 0.1) is 5.82 Å². The number of carbonyl (C=O) groups is 1. The van der Waals surface area contributed by atoms with Crippen molar-refractivity contribution < 1.29 is 27.8 Å². The fourth-order valence-corrected chi connectivity index (χ4v) is 4.97. The number of furan rings is 1. The number of nitrogens with zero attached hydrogens (tertiary/aromatic N) is 3. The number of carbonyl (C=O) groups excluding carboxylic acids is 1. The highest BCUT2D eigenvalue weighted by molar-refractivity contribution is 7.18. The van der Waals surface area contributed by atoms with Gasteiger partial charge < -0.3 is 18.6 Å².